The number of rotatable bonds is 4. The standard InChI is InChI=1S/C15H14F2N4/c16-15(17)5-13(6-15)19-8-12-9-20-21-14(12)11-3-1-2-10(4-11)7-18/h1-4,9,13,19H,5-6,8H2,(H,20,21). The summed E-state index contributed by atoms with van der Waals surface area (Å²) in [6.45, 7) is 0.476. The fourth-order valence-corrected chi connectivity index (χ4v) is 2.50. The van der Waals surface area contributed by atoms with E-state index < -0.39 is 5.92 Å². The summed E-state index contributed by atoms with van der Waals surface area (Å²) in [4.78, 5) is 0. The summed E-state index contributed by atoms with van der Waals surface area (Å²) < 4.78 is 25.6. The van der Waals surface area contributed by atoms with Gasteiger partial charge in [0.1, 0.15) is 0 Å². The van der Waals surface area contributed by atoms with Crippen molar-refractivity contribution < 1.29 is 8.78 Å². The molecule has 108 valence electrons. The summed E-state index contributed by atoms with van der Waals surface area (Å²) in [6, 6.07) is 9.14. The Labute approximate surface area is 120 Å². The van der Waals surface area contributed by atoms with Gasteiger partial charge < -0.3 is 5.32 Å². The number of H-pyrrole nitrogens is 1. The Bertz CT molecular complexity index is 679. The Morgan fingerprint density at radius 3 is 2.95 bits per heavy atom. The molecule has 1 aliphatic carbocycles. The van der Waals surface area contributed by atoms with Crippen LogP contribution < -0.4 is 5.32 Å². The number of aromatic nitrogens is 2. The molecule has 2 aromatic rings. The molecular weight excluding hydrogens is 274 g/mol. The minimum atomic E-state index is -2.52. The van der Waals surface area contributed by atoms with Crippen LogP contribution in [-0.2, 0) is 6.54 Å². The van der Waals surface area contributed by atoms with Gasteiger partial charge in [-0.05, 0) is 12.1 Å². The normalized spacial score (nSPS) is 17.2. The molecule has 1 saturated carbocycles. The van der Waals surface area contributed by atoms with Gasteiger partial charge >= 0.3 is 0 Å². The van der Waals surface area contributed by atoms with E-state index in [4.69, 9.17) is 5.26 Å². The molecule has 0 aliphatic heterocycles. The molecule has 0 saturated heterocycles. The highest BCUT2D eigenvalue weighted by molar-refractivity contribution is 5.64. The molecule has 1 fully saturated rings. The molecule has 0 atom stereocenters. The minimum Gasteiger partial charge on any atom is -0.309 e. The number of hydrogen-bond acceptors (Lipinski definition) is 3. The van der Waals surface area contributed by atoms with Crippen LogP contribution in [0.4, 0.5) is 8.78 Å². The zero-order valence-corrected chi connectivity index (χ0v) is 11.2. The molecule has 6 heteroatoms. The number of nitrogens with one attached hydrogen (secondary N) is 2. The van der Waals surface area contributed by atoms with Crippen molar-refractivity contribution in [2.24, 2.45) is 0 Å². The van der Waals surface area contributed by atoms with Gasteiger partial charge in [-0.25, -0.2) is 8.78 Å². The summed E-state index contributed by atoms with van der Waals surface area (Å²) in [6.07, 6.45) is 1.46. The maximum atomic E-state index is 12.8. The summed E-state index contributed by atoms with van der Waals surface area (Å²) in [5, 5.41) is 19.0. The molecule has 1 heterocycles. The van der Waals surface area contributed by atoms with Crippen molar-refractivity contribution in [3.63, 3.8) is 0 Å². The Hall–Kier alpha value is -2.26. The van der Waals surface area contributed by atoms with Crippen molar-refractivity contribution in [2.75, 3.05) is 0 Å². The first-order valence-electron chi connectivity index (χ1n) is 6.71. The van der Waals surface area contributed by atoms with Crippen LogP contribution >= 0.6 is 0 Å². The molecule has 4 nitrogen and oxygen atoms in total. The van der Waals surface area contributed by atoms with Gasteiger partial charge in [-0.2, -0.15) is 10.4 Å². The monoisotopic (exact) mass is 288 g/mol. The Balaban J connectivity index is 1.71. The van der Waals surface area contributed by atoms with Crippen LogP contribution in [0.5, 0.6) is 0 Å². The molecule has 1 aromatic carbocycles. The maximum Gasteiger partial charge on any atom is 0.251 e. The van der Waals surface area contributed by atoms with Crippen LogP contribution in [-0.4, -0.2) is 22.2 Å². The highest BCUT2D eigenvalue weighted by Gasteiger charge is 2.44. The molecule has 3 rings (SSSR count). The summed E-state index contributed by atoms with van der Waals surface area (Å²) in [5.74, 6) is -2.52. The third kappa shape index (κ3) is 2.93. The van der Waals surface area contributed by atoms with Crippen LogP contribution in [0, 0.1) is 11.3 Å². The molecular formula is C15H14F2N4. The molecule has 2 N–H and O–H groups in total. The van der Waals surface area contributed by atoms with Gasteiger partial charge in [0.05, 0.1) is 23.5 Å². The highest BCUT2D eigenvalue weighted by atomic mass is 19.3. The van der Waals surface area contributed by atoms with Gasteiger partial charge in [-0.1, -0.05) is 12.1 Å². The smallest absolute Gasteiger partial charge is 0.251 e. The highest BCUT2D eigenvalue weighted by Crippen LogP contribution is 2.37. The van der Waals surface area contributed by atoms with Gasteiger partial charge in [0, 0.05) is 36.6 Å². The van der Waals surface area contributed by atoms with Gasteiger partial charge in [0.15, 0.2) is 0 Å². The average Bonchev–Trinajstić information content (AvgIpc) is 2.91. The summed E-state index contributed by atoms with van der Waals surface area (Å²) in [5.41, 5.74) is 3.15. The van der Waals surface area contributed by atoms with Crippen molar-refractivity contribution in [1.29, 1.82) is 5.26 Å². The van der Waals surface area contributed by atoms with Crippen molar-refractivity contribution in [2.45, 2.75) is 31.4 Å². The van der Waals surface area contributed by atoms with E-state index in [1.165, 1.54) is 0 Å². The SMILES string of the molecule is N#Cc1cccc(-c2[nH]ncc2CNC2CC(F)(F)C2)c1. The third-order valence-corrected chi connectivity index (χ3v) is 3.67. The maximum absolute atomic E-state index is 12.8. The number of halogens is 2. The Morgan fingerprint density at radius 2 is 2.24 bits per heavy atom. The van der Waals surface area contributed by atoms with Crippen molar-refractivity contribution >= 4 is 0 Å². The molecule has 21 heavy (non-hydrogen) atoms. The summed E-state index contributed by atoms with van der Waals surface area (Å²) in [7, 11) is 0. The number of aromatic amines is 1. The van der Waals surface area contributed by atoms with Crippen LogP contribution in [0.2, 0.25) is 0 Å². The van der Waals surface area contributed by atoms with Crippen LogP contribution in [0.3, 0.4) is 0 Å². The van der Waals surface area contributed by atoms with Crippen molar-refractivity contribution in [3.8, 4) is 17.3 Å². The lowest BCUT2D eigenvalue weighted by molar-refractivity contribution is -0.0930. The number of alkyl halides is 2. The molecule has 0 spiro atoms. The van der Waals surface area contributed by atoms with Crippen LogP contribution in [0.1, 0.15) is 24.0 Å². The van der Waals surface area contributed by atoms with Gasteiger partial charge in [-0.15, -0.1) is 0 Å². The van der Waals surface area contributed by atoms with Crippen molar-refractivity contribution in [3.05, 3.63) is 41.6 Å². The molecule has 1 aliphatic rings. The van der Waals surface area contributed by atoms with E-state index in [0.717, 1.165) is 16.8 Å². The number of nitrogens with zero attached hydrogens (tertiary/aromatic N) is 2. The number of benzene rings is 1. The van der Waals surface area contributed by atoms with Gasteiger partial charge in [0.2, 0.25) is 0 Å². The van der Waals surface area contributed by atoms with E-state index in [2.05, 4.69) is 21.6 Å². The largest absolute Gasteiger partial charge is 0.309 e. The fraction of sp³-hybridized carbons (Fsp3) is 0.333. The van der Waals surface area contributed by atoms with E-state index in [-0.39, 0.29) is 18.9 Å². The first kappa shape index (κ1) is 13.7. The van der Waals surface area contributed by atoms with E-state index in [9.17, 15) is 8.78 Å². The first-order valence-corrected chi connectivity index (χ1v) is 6.71. The zero-order valence-electron chi connectivity index (χ0n) is 11.2. The average molecular weight is 288 g/mol. The molecule has 0 unspecified atom stereocenters. The van der Waals surface area contributed by atoms with Crippen LogP contribution in [0.15, 0.2) is 30.5 Å². The predicted octanol–water partition coefficient (Wildman–Crippen LogP) is 2.84. The Kier molecular flexibility index (Phi) is 3.43. The zero-order chi connectivity index (χ0) is 14.9. The lowest BCUT2D eigenvalue weighted by Gasteiger charge is -2.35. The quantitative estimate of drug-likeness (QED) is 0.909. The third-order valence-electron chi connectivity index (χ3n) is 3.67. The fourth-order valence-electron chi connectivity index (χ4n) is 2.50. The minimum absolute atomic E-state index is 0.107. The van der Waals surface area contributed by atoms with Crippen LogP contribution in [0.25, 0.3) is 11.3 Å². The second kappa shape index (κ2) is 5.26. The second-order valence-corrected chi connectivity index (χ2v) is 5.30. The molecule has 1 aromatic heterocycles. The van der Waals surface area contributed by atoms with E-state index >= 15 is 0 Å². The summed E-state index contributed by atoms with van der Waals surface area (Å²) >= 11 is 0. The second-order valence-electron chi connectivity index (χ2n) is 5.30. The van der Waals surface area contributed by atoms with E-state index in [1.807, 2.05) is 6.07 Å². The molecule has 0 bridgehead atoms. The van der Waals surface area contributed by atoms with E-state index in [0.29, 0.717) is 12.1 Å². The molecule has 0 radical (unpaired) electrons. The van der Waals surface area contributed by atoms with E-state index in [1.54, 1.807) is 24.4 Å². The molecule has 0 amide bonds. The lowest BCUT2D eigenvalue weighted by atomic mass is 9.88. The van der Waals surface area contributed by atoms with Gasteiger partial charge in [0.25, 0.3) is 5.92 Å². The Morgan fingerprint density at radius 1 is 1.43 bits per heavy atom. The topological polar surface area (TPSA) is 64.5 Å². The van der Waals surface area contributed by atoms with Gasteiger partial charge in [-0.3, -0.25) is 5.10 Å². The number of nitriles is 1. The lowest BCUT2D eigenvalue weighted by Crippen LogP contribution is -2.48. The first-order chi connectivity index (χ1) is 10.1. The van der Waals surface area contributed by atoms with Crippen molar-refractivity contribution in [1.82, 2.24) is 15.5 Å². The predicted molar refractivity (Wildman–Crippen MR) is 73.5 cm³/mol. The number of hydrogen-bond donors (Lipinski definition) is 2.